The number of hydrogen-bond donors (Lipinski definition) is 0. The van der Waals surface area contributed by atoms with Gasteiger partial charge in [-0.3, -0.25) is 14.9 Å². The molecule has 2 heterocycles. The van der Waals surface area contributed by atoms with Gasteiger partial charge in [0.1, 0.15) is 12.1 Å². The van der Waals surface area contributed by atoms with E-state index >= 15 is 0 Å². The fourth-order valence-electron chi connectivity index (χ4n) is 4.05. The van der Waals surface area contributed by atoms with Gasteiger partial charge in [-0.2, -0.15) is 0 Å². The van der Waals surface area contributed by atoms with Gasteiger partial charge in [0.25, 0.3) is 5.91 Å². The average molecular weight is 476 g/mol. The molecule has 0 N–H and O–H groups in total. The number of nitrogens with zero attached hydrogens (tertiary/aromatic N) is 4. The van der Waals surface area contributed by atoms with Crippen LogP contribution in [0.3, 0.4) is 0 Å². The van der Waals surface area contributed by atoms with E-state index in [4.69, 9.17) is 4.74 Å². The van der Waals surface area contributed by atoms with Crippen molar-refractivity contribution in [2.45, 2.75) is 25.1 Å². The van der Waals surface area contributed by atoms with Crippen LogP contribution in [0.1, 0.15) is 34.8 Å². The Morgan fingerprint density at radius 1 is 1.15 bits per heavy atom. The second-order valence-electron chi connectivity index (χ2n) is 7.70. The van der Waals surface area contributed by atoms with E-state index in [1.165, 1.54) is 11.2 Å². The molecule has 1 saturated heterocycles. The van der Waals surface area contributed by atoms with Crippen LogP contribution in [0.25, 0.3) is 10.9 Å². The fourth-order valence-corrected chi connectivity index (χ4v) is 4.05. The molecule has 4 rings (SSSR count). The highest BCUT2D eigenvalue weighted by atomic mass is 19.4. The minimum absolute atomic E-state index is 0.0693. The number of hydrogen-bond acceptors (Lipinski definition) is 7. The number of ether oxygens (including phenoxy) is 2. The van der Waals surface area contributed by atoms with Gasteiger partial charge in [-0.25, -0.2) is 9.97 Å². The largest absolute Gasteiger partial charge is 0.573 e. The van der Waals surface area contributed by atoms with Crippen LogP contribution >= 0.6 is 0 Å². The summed E-state index contributed by atoms with van der Waals surface area (Å²) >= 11 is 0. The highest BCUT2D eigenvalue weighted by Gasteiger charge is 2.35. The summed E-state index contributed by atoms with van der Waals surface area (Å²) in [4.78, 5) is 33.4. The van der Waals surface area contributed by atoms with Crippen molar-refractivity contribution >= 4 is 22.5 Å². The minimum Gasteiger partial charge on any atom is -0.497 e. The summed E-state index contributed by atoms with van der Waals surface area (Å²) in [6.07, 6.45) is -2.41. The van der Waals surface area contributed by atoms with Gasteiger partial charge >= 0.3 is 12.0 Å². The number of alkyl halides is 3. The first-order valence-corrected chi connectivity index (χ1v) is 10.3. The molecule has 1 aromatic heterocycles. The highest BCUT2D eigenvalue weighted by molar-refractivity contribution is 5.95. The number of piperidine rings is 1. The Morgan fingerprint density at radius 3 is 2.53 bits per heavy atom. The first-order chi connectivity index (χ1) is 16.2. The smallest absolute Gasteiger partial charge is 0.497 e. The van der Waals surface area contributed by atoms with Gasteiger partial charge in [-0.1, -0.05) is 0 Å². The molecule has 0 radical (unpaired) electrons. The van der Waals surface area contributed by atoms with Crippen LogP contribution in [-0.4, -0.2) is 52.3 Å². The Labute approximate surface area is 191 Å². The lowest BCUT2D eigenvalue weighted by Crippen LogP contribution is -2.38. The van der Waals surface area contributed by atoms with Crippen LogP contribution in [0, 0.1) is 10.1 Å². The molecule has 0 bridgehead atoms. The lowest BCUT2D eigenvalue weighted by Gasteiger charge is -2.32. The summed E-state index contributed by atoms with van der Waals surface area (Å²) in [5, 5.41) is 12.1. The molecule has 1 aliphatic heterocycles. The third kappa shape index (κ3) is 4.85. The zero-order valence-corrected chi connectivity index (χ0v) is 17.9. The first kappa shape index (κ1) is 23.2. The Kier molecular flexibility index (Phi) is 6.22. The number of methoxy groups -OCH3 is 1. The van der Waals surface area contributed by atoms with Gasteiger partial charge in [0.2, 0.25) is 5.75 Å². The van der Waals surface area contributed by atoms with Crippen molar-refractivity contribution in [3.8, 4) is 11.5 Å². The first-order valence-electron chi connectivity index (χ1n) is 10.3. The molecule has 12 heteroatoms. The Balaban J connectivity index is 1.50. The topological polar surface area (TPSA) is 108 Å². The average Bonchev–Trinajstić information content (AvgIpc) is 2.82. The maximum absolute atomic E-state index is 12.9. The molecule has 0 atom stereocenters. The van der Waals surface area contributed by atoms with Crippen molar-refractivity contribution in [2.75, 3.05) is 20.2 Å². The van der Waals surface area contributed by atoms with E-state index in [2.05, 4.69) is 14.7 Å². The second kappa shape index (κ2) is 9.12. The zero-order chi connectivity index (χ0) is 24.5. The van der Waals surface area contributed by atoms with Crippen LogP contribution in [0.15, 0.2) is 42.7 Å². The van der Waals surface area contributed by atoms with Crippen molar-refractivity contribution in [1.82, 2.24) is 14.9 Å². The van der Waals surface area contributed by atoms with E-state index < -0.39 is 28.6 Å². The molecule has 34 heavy (non-hydrogen) atoms. The van der Waals surface area contributed by atoms with Crippen molar-refractivity contribution < 1.29 is 32.4 Å². The van der Waals surface area contributed by atoms with Gasteiger partial charge in [0.05, 0.1) is 23.2 Å². The number of fused-ring (bicyclic) bond motifs is 1. The number of aromatic nitrogens is 2. The van der Waals surface area contributed by atoms with E-state index in [9.17, 15) is 28.1 Å². The van der Waals surface area contributed by atoms with Gasteiger partial charge in [0.15, 0.2) is 0 Å². The van der Waals surface area contributed by atoms with Gasteiger partial charge in [-0.15, -0.1) is 13.2 Å². The normalized spacial score (nSPS) is 14.8. The molecule has 0 aliphatic carbocycles. The Hall–Kier alpha value is -3.96. The van der Waals surface area contributed by atoms with E-state index in [-0.39, 0.29) is 11.5 Å². The number of carbonyl (C=O) groups excluding carboxylic acids is 1. The van der Waals surface area contributed by atoms with Crippen molar-refractivity contribution in [2.24, 2.45) is 0 Å². The molecular weight excluding hydrogens is 457 g/mol. The van der Waals surface area contributed by atoms with Crippen LogP contribution in [-0.2, 0) is 0 Å². The molecule has 3 aromatic rings. The third-order valence-electron chi connectivity index (χ3n) is 5.67. The number of rotatable bonds is 5. The minimum atomic E-state index is -5.09. The molecule has 0 spiro atoms. The maximum atomic E-state index is 12.9. The lowest BCUT2D eigenvalue weighted by atomic mass is 9.90. The molecule has 1 aliphatic rings. The van der Waals surface area contributed by atoms with Crippen LogP contribution in [0.5, 0.6) is 11.5 Å². The third-order valence-corrected chi connectivity index (χ3v) is 5.67. The van der Waals surface area contributed by atoms with E-state index in [1.54, 1.807) is 7.11 Å². The van der Waals surface area contributed by atoms with Crippen LogP contribution in [0.2, 0.25) is 0 Å². The van der Waals surface area contributed by atoms with Crippen LogP contribution in [0.4, 0.5) is 18.9 Å². The quantitative estimate of drug-likeness (QED) is 0.395. The molecule has 1 fully saturated rings. The number of benzene rings is 2. The summed E-state index contributed by atoms with van der Waals surface area (Å²) in [7, 11) is 1.57. The lowest BCUT2D eigenvalue weighted by molar-refractivity contribution is -0.388. The summed E-state index contributed by atoms with van der Waals surface area (Å²) in [5.41, 5.74) is 0.598. The molecule has 2 aromatic carbocycles. The predicted octanol–water partition coefficient (Wildman–Crippen LogP) is 4.47. The van der Waals surface area contributed by atoms with Crippen molar-refractivity contribution in [3.63, 3.8) is 0 Å². The molecule has 0 saturated carbocycles. The van der Waals surface area contributed by atoms with E-state index in [0.717, 1.165) is 34.8 Å². The number of amides is 1. The number of nitro groups is 1. The Morgan fingerprint density at radius 2 is 1.88 bits per heavy atom. The SMILES string of the molecule is COc1ccc2c(C3CCN(C(=O)c4ccc(OC(F)(F)F)c([N+](=O)[O-])c4)CC3)ncnc2c1. The fraction of sp³-hybridized carbons (Fsp3) is 0.318. The number of likely N-dealkylation sites (tertiary alicyclic amines) is 1. The van der Waals surface area contributed by atoms with E-state index in [1.807, 2.05) is 18.2 Å². The number of carbonyl (C=O) groups is 1. The van der Waals surface area contributed by atoms with E-state index in [0.29, 0.717) is 31.7 Å². The predicted molar refractivity (Wildman–Crippen MR) is 114 cm³/mol. The molecule has 0 unspecified atom stereocenters. The summed E-state index contributed by atoms with van der Waals surface area (Å²) in [5.74, 6) is -0.726. The van der Waals surface area contributed by atoms with Gasteiger partial charge in [0, 0.05) is 42.1 Å². The van der Waals surface area contributed by atoms with Crippen molar-refractivity contribution in [1.29, 1.82) is 0 Å². The maximum Gasteiger partial charge on any atom is 0.573 e. The summed E-state index contributed by atoms with van der Waals surface area (Å²) in [6.45, 7) is 0.722. The highest BCUT2D eigenvalue weighted by Crippen LogP contribution is 2.35. The monoisotopic (exact) mass is 476 g/mol. The molecule has 1 amide bonds. The van der Waals surface area contributed by atoms with Crippen molar-refractivity contribution in [3.05, 3.63) is 64.1 Å². The standard InChI is InChI=1S/C22H19F3N4O5/c1-33-15-3-4-16-17(11-15)26-12-27-20(16)13-6-8-28(9-7-13)21(30)14-2-5-19(34-22(23,24)25)18(10-14)29(31)32/h2-5,10-13H,6-9H2,1H3. The van der Waals surface area contributed by atoms with Gasteiger partial charge in [-0.05, 0) is 37.1 Å². The molecular formula is C22H19F3N4O5. The Bertz CT molecular complexity index is 1240. The zero-order valence-electron chi connectivity index (χ0n) is 17.9. The summed E-state index contributed by atoms with van der Waals surface area (Å²) in [6, 6.07) is 8.22. The number of nitro benzene ring substituents is 1. The number of halogens is 3. The molecule has 9 nitrogen and oxygen atoms in total. The second-order valence-corrected chi connectivity index (χ2v) is 7.70. The molecule has 178 valence electrons. The van der Waals surface area contributed by atoms with Crippen LogP contribution < -0.4 is 9.47 Å². The summed E-state index contributed by atoms with van der Waals surface area (Å²) < 4.78 is 46.5. The van der Waals surface area contributed by atoms with Gasteiger partial charge < -0.3 is 14.4 Å².